The topological polar surface area (TPSA) is 32.3 Å². The zero-order valence-corrected chi connectivity index (χ0v) is 10.3. The predicted molar refractivity (Wildman–Crippen MR) is 66.2 cm³/mol. The van der Waals surface area contributed by atoms with Gasteiger partial charge in [-0.15, -0.1) is 0 Å². The standard InChI is InChI=1S/C13H20N2O/c1-4-15(3)10-13(16)14-9-12-8-6-5-7-11(12)2/h5-8H,4,9-10H2,1-3H3,(H,14,16). The van der Waals surface area contributed by atoms with Crippen LogP contribution in [0.3, 0.4) is 0 Å². The Balaban J connectivity index is 2.40. The van der Waals surface area contributed by atoms with E-state index in [0.717, 1.165) is 6.54 Å². The van der Waals surface area contributed by atoms with E-state index in [2.05, 4.69) is 18.3 Å². The summed E-state index contributed by atoms with van der Waals surface area (Å²) < 4.78 is 0. The Bertz CT molecular complexity index is 350. The molecule has 0 radical (unpaired) electrons. The van der Waals surface area contributed by atoms with E-state index in [1.54, 1.807) is 0 Å². The van der Waals surface area contributed by atoms with Gasteiger partial charge in [0.15, 0.2) is 0 Å². The number of benzene rings is 1. The number of amides is 1. The molecule has 0 fully saturated rings. The van der Waals surface area contributed by atoms with Crippen molar-refractivity contribution in [1.29, 1.82) is 0 Å². The van der Waals surface area contributed by atoms with E-state index in [1.165, 1.54) is 11.1 Å². The van der Waals surface area contributed by atoms with Crippen LogP contribution in [0.1, 0.15) is 18.1 Å². The van der Waals surface area contributed by atoms with Crippen molar-refractivity contribution >= 4 is 5.91 Å². The molecule has 0 saturated heterocycles. The Morgan fingerprint density at radius 3 is 2.69 bits per heavy atom. The molecule has 16 heavy (non-hydrogen) atoms. The van der Waals surface area contributed by atoms with Crippen LogP contribution in [0.4, 0.5) is 0 Å². The average Bonchev–Trinajstić information content (AvgIpc) is 2.28. The van der Waals surface area contributed by atoms with Crippen molar-refractivity contribution in [3.63, 3.8) is 0 Å². The van der Waals surface area contributed by atoms with Crippen LogP contribution in [0.15, 0.2) is 24.3 Å². The van der Waals surface area contributed by atoms with Gasteiger partial charge in [0, 0.05) is 6.54 Å². The first kappa shape index (κ1) is 12.7. The molecule has 1 rings (SSSR count). The summed E-state index contributed by atoms with van der Waals surface area (Å²) in [5.74, 6) is 0.0765. The largest absolute Gasteiger partial charge is 0.351 e. The minimum atomic E-state index is 0.0765. The highest BCUT2D eigenvalue weighted by atomic mass is 16.2. The van der Waals surface area contributed by atoms with Crippen LogP contribution in [-0.4, -0.2) is 30.9 Å². The molecule has 1 aromatic rings. The molecule has 0 aromatic heterocycles. The SMILES string of the molecule is CCN(C)CC(=O)NCc1ccccc1C. The first-order valence-electron chi connectivity index (χ1n) is 5.63. The van der Waals surface area contributed by atoms with Gasteiger partial charge in [0.25, 0.3) is 0 Å². The monoisotopic (exact) mass is 220 g/mol. The third kappa shape index (κ3) is 4.03. The van der Waals surface area contributed by atoms with Gasteiger partial charge in [0.2, 0.25) is 5.91 Å². The van der Waals surface area contributed by atoms with E-state index in [0.29, 0.717) is 13.1 Å². The number of carbonyl (C=O) groups is 1. The van der Waals surface area contributed by atoms with E-state index in [9.17, 15) is 4.79 Å². The average molecular weight is 220 g/mol. The lowest BCUT2D eigenvalue weighted by Crippen LogP contribution is -2.34. The van der Waals surface area contributed by atoms with Crippen LogP contribution < -0.4 is 5.32 Å². The number of rotatable bonds is 5. The molecule has 0 aliphatic carbocycles. The predicted octanol–water partition coefficient (Wildman–Crippen LogP) is 1.56. The van der Waals surface area contributed by atoms with Crippen molar-refractivity contribution < 1.29 is 4.79 Å². The Labute approximate surface area is 97.5 Å². The number of likely N-dealkylation sites (N-methyl/N-ethyl adjacent to an activating group) is 1. The molecule has 1 N–H and O–H groups in total. The molecule has 3 nitrogen and oxygen atoms in total. The first-order chi connectivity index (χ1) is 7.63. The maximum Gasteiger partial charge on any atom is 0.234 e. The van der Waals surface area contributed by atoms with E-state index in [4.69, 9.17) is 0 Å². The van der Waals surface area contributed by atoms with E-state index in [-0.39, 0.29) is 5.91 Å². The lowest BCUT2D eigenvalue weighted by Gasteiger charge is -2.14. The molecule has 0 spiro atoms. The van der Waals surface area contributed by atoms with Gasteiger partial charge in [-0.05, 0) is 31.6 Å². The number of nitrogens with one attached hydrogen (secondary N) is 1. The lowest BCUT2D eigenvalue weighted by molar-refractivity contribution is -0.122. The van der Waals surface area contributed by atoms with Crippen molar-refractivity contribution in [2.24, 2.45) is 0 Å². The zero-order chi connectivity index (χ0) is 12.0. The summed E-state index contributed by atoms with van der Waals surface area (Å²) in [4.78, 5) is 13.5. The molecule has 88 valence electrons. The van der Waals surface area contributed by atoms with Gasteiger partial charge >= 0.3 is 0 Å². The van der Waals surface area contributed by atoms with Crippen LogP contribution >= 0.6 is 0 Å². The van der Waals surface area contributed by atoms with Gasteiger partial charge in [-0.1, -0.05) is 31.2 Å². The highest BCUT2D eigenvalue weighted by molar-refractivity contribution is 5.77. The van der Waals surface area contributed by atoms with Crippen molar-refractivity contribution in [1.82, 2.24) is 10.2 Å². The van der Waals surface area contributed by atoms with Gasteiger partial charge < -0.3 is 5.32 Å². The zero-order valence-electron chi connectivity index (χ0n) is 10.3. The molecule has 1 aromatic carbocycles. The molecular weight excluding hydrogens is 200 g/mol. The molecule has 0 unspecified atom stereocenters. The Morgan fingerprint density at radius 2 is 2.06 bits per heavy atom. The van der Waals surface area contributed by atoms with Crippen LogP contribution in [0.5, 0.6) is 0 Å². The fraction of sp³-hybridized carbons (Fsp3) is 0.462. The molecule has 0 aliphatic rings. The van der Waals surface area contributed by atoms with Crippen LogP contribution in [-0.2, 0) is 11.3 Å². The Hall–Kier alpha value is -1.35. The van der Waals surface area contributed by atoms with Gasteiger partial charge in [0.1, 0.15) is 0 Å². The molecule has 0 heterocycles. The maximum absolute atomic E-state index is 11.5. The summed E-state index contributed by atoms with van der Waals surface area (Å²) >= 11 is 0. The minimum Gasteiger partial charge on any atom is -0.351 e. The van der Waals surface area contributed by atoms with E-state index < -0.39 is 0 Å². The summed E-state index contributed by atoms with van der Waals surface area (Å²) in [6.07, 6.45) is 0. The highest BCUT2D eigenvalue weighted by Gasteiger charge is 2.04. The van der Waals surface area contributed by atoms with Crippen molar-refractivity contribution in [3.05, 3.63) is 35.4 Å². The smallest absolute Gasteiger partial charge is 0.234 e. The van der Waals surface area contributed by atoms with Crippen molar-refractivity contribution in [3.8, 4) is 0 Å². The van der Waals surface area contributed by atoms with Gasteiger partial charge in [-0.25, -0.2) is 0 Å². The fourth-order valence-corrected chi connectivity index (χ4v) is 1.42. The van der Waals surface area contributed by atoms with Crippen molar-refractivity contribution in [2.45, 2.75) is 20.4 Å². The number of aryl methyl sites for hydroxylation is 1. The lowest BCUT2D eigenvalue weighted by atomic mass is 10.1. The summed E-state index contributed by atoms with van der Waals surface area (Å²) in [6, 6.07) is 8.09. The van der Waals surface area contributed by atoms with Gasteiger partial charge in [0.05, 0.1) is 6.54 Å². The summed E-state index contributed by atoms with van der Waals surface area (Å²) in [7, 11) is 1.94. The van der Waals surface area contributed by atoms with Crippen LogP contribution in [0.2, 0.25) is 0 Å². The quantitative estimate of drug-likeness (QED) is 0.817. The number of hydrogen-bond acceptors (Lipinski definition) is 2. The second-order valence-electron chi connectivity index (χ2n) is 4.03. The van der Waals surface area contributed by atoms with Crippen LogP contribution in [0, 0.1) is 6.92 Å². The first-order valence-corrected chi connectivity index (χ1v) is 5.63. The summed E-state index contributed by atoms with van der Waals surface area (Å²) in [6.45, 7) is 6.05. The minimum absolute atomic E-state index is 0.0765. The van der Waals surface area contributed by atoms with Gasteiger partial charge in [-0.2, -0.15) is 0 Å². The molecule has 0 bridgehead atoms. The molecule has 0 saturated carbocycles. The molecular formula is C13H20N2O. The molecule has 0 atom stereocenters. The Kier molecular flexibility index (Phi) is 4.99. The van der Waals surface area contributed by atoms with Gasteiger partial charge in [-0.3, -0.25) is 9.69 Å². The maximum atomic E-state index is 11.5. The van der Waals surface area contributed by atoms with Crippen molar-refractivity contribution in [2.75, 3.05) is 20.1 Å². The summed E-state index contributed by atoms with van der Waals surface area (Å²) in [5, 5.41) is 2.92. The second kappa shape index (κ2) is 6.28. The molecule has 3 heteroatoms. The fourth-order valence-electron chi connectivity index (χ4n) is 1.42. The highest BCUT2D eigenvalue weighted by Crippen LogP contribution is 2.05. The normalized spacial score (nSPS) is 10.5. The third-order valence-electron chi connectivity index (χ3n) is 2.69. The van der Waals surface area contributed by atoms with E-state index in [1.807, 2.05) is 37.1 Å². The molecule has 1 amide bonds. The second-order valence-corrected chi connectivity index (χ2v) is 4.03. The third-order valence-corrected chi connectivity index (χ3v) is 2.69. The number of nitrogens with zero attached hydrogens (tertiary/aromatic N) is 1. The summed E-state index contributed by atoms with van der Waals surface area (Å²) in [5.41, 5.74) is 2.39. The molecule has 0 aliphatic heterocycles. The number of carbonyl (C=O) groups excluding carboxylic acids is 1. The van der Waals surface area contributed by atoms with Crippen LogP contribution in [0.25, 0.3) is 0 Å². The number of hydrogen-bond donors (Lipinski definition) is 1. The Morgan fingerprint density at radius 1 is 1.38 bits per heavy atom. The van der Waals surface area contributed by atoms with E-state index >= 15 is 0 Å².